The average molecular weight is 304 g/mol. The molecule has 20 heavy (non-hydrogen) atoms. The number of terminal acetylenes is 1. The van der Waals surface area contributed by atoms with Crippen LogP contribution in [0.3, 0.4) is 0 Å². The first kappa shape index (κ1) is 19.7. The number of hydrogen-bond acceptors (Lipinski definition) is 4. The Morgan fingerprint density at radius 3 is 1.50 bits per heavy atom. The minimum absolute atomic E-state index is 0.228. The van der Waals surface area contributed by atoms with E-state index in [0.29, 0.717) is 0 Å². The summed E-state index contributed by atoms with van der Waals surface area (Å²) >= 11 is 0. The first-order valence-electron chi connectivity index (χ1n) is 6.96. The summed E-state index contributed by atoms with van der Waals surface area (Å²) in [5.74, 6) is 2.71. The van der Waals surface area contributed by atoms with Crippen molar-refractivity contribution in [3.8, 4) is 12.3 Å². The molecular weight excluding hydrogens is 275 g/mol. The van der Waals surface area contributed by atoms with Gasteiger partial charge in [0.15, 0.2) is 0 Å². The molecule has 0 aromatic heterocycles. The van der Waals surface area contributed by atoms with Crippen LogP contribution < -0.4 is 0 Å². The van der Waals surface area contributed by atoms with Gasteiger partial charge in [-0.3, -0.25) is 13.6 Å². The Morgan fingerprint density at radius 1 is 0.950 bits per heavy atom. The highest BCUT2D eigenvalue weighted by Gasteiger charge is 2.55. The van der Waals surface area contributed by atoms with E-state index in [0.717, 1.165) is 0 Å². The van der Waals surface area contributed by atoms with Crippen LogP contribution in [0.4, 0.5) is 0 Å². The van der Waals surface area contributed by atoms with E-state index in [1.54, 1.807) is 13.8 Å². The molecular formula is C15H29O4P. The maximum Gasteiger partial charge on any atom is 0.476 e. The van der Waals surface area contributed by atoms with Gasteiger partial charge in [-0.25, -0.2) is 4.57 Å². The summed E-state index contributed by atoms with van der Waals surface area (Å²) in [6, 6.07) is 0. The molecule has 118 valence electrons. The summed E-state index contributed by atoms with van der Waals surface area (Å²) in [7, 11) is -3.69. The van der Waals surface area contributed by atoms with Gasteiger partial charge in [0, 0.05) is 10.8 Å². The molecule has 0 rings (SSSR count). The molecule has 5 heteroatoms. The van der Waals surface area contributed by atoms with Gasteiger partial charge in [0.25, 0.3) is 0 Å². The monoisotopic (exact) mass is 304 g/mol. The number of hydrogen-bond donors (Lipinski definition) is 0. The number of rotatable bonds is 6. The molecule has 0 saturated heterocycles. The zero-order valence-corrected chi connectivity index (χ0v) is 15.0. The van der Waals surface area contributed by atoms with E-state index in [2.05, 4.69) is 5.92 Å². The minimum Gasteiger partial charge on any atom is -0.287 e. The van der Waals surface area contributed by atoms with Gasteiger partial charge in [-0.1, -0.05) is 47.5 Å². The molecule has 0 atom stereocenters. The lowest BCUT2D eigenvalue weighted by atomic mass is 9.63. The van der Waals surface area contributed by atoms with E-state index in [9.17, 15) is 4.57 Å². The lowest BCUT2D eigenvalue weighted by Crippen LogP contribution is -2.53. The third-order valence-electron chi connectivity index (χ3n) is 3.14. The first-order chi connectivity index (χ1) is 8.89. The van der Waals surface area contributed by atoms with Crippen molar-refractivity contribution in [1.82, 2.24) is 0 Å². The van der Waals surface area contributed by atoms with Gasteiger partial charge in [0.2, 0.25) is 0 Å². The van der Waals surface area contributed by atoms with Crippen LogP contribution in [-0.4, -0.2) is 18.8 Å². The molecule has 0 N–H and O–H groups in total. The van der Waals surface area contributed by atoms with Gasteiger partial charge >= 0.3 is 7.82 Å². The predicted molar refractivity (Wildman–Crippen MR) is 82.4 cm³/mol. The average Bonchev–Trinajstić information content (AvgIpc) is 2.23. The Hall–Kier alpha value is -0.330. The van der Waals surface area contributed by atoms with Gasteiger partial charge in [0.05, 0.1) is 13.2 Å². The predicted octanol–water partition coefficient (Wildman–Crippen LogP) is 4.65. The highest BCUT2D eigenvalue weighted by Crippen LogP contribution is 2.60. The van der Waals surface area contributed by atoms with Crippen molar-refractivity contribution in [3.05, 3.63) is 0 Å². The van der Waals surface area contributed by atoms with Crippen molar-refractivity contribution in [3.63, 3.8) is 0 Å². The summed E-state index contributed by atoms with van der Waals surface area (Å²) in [6.45, 7) is 15.7. The molecule has 0 saturated carbocycles. The van der Waals surface area contributed by atoms with Crippen LogP contribution in [0.1, 0.15) is 55.4 Å². The second-order valence-electron chi connectivity index (χ2n) is 6.70. The summed E-state index contributed by atoms with van der Waals surface area (Å²) in [6.07, 6.45) is 5.77. The lowest BCUT2D eigenvalue weighted by molar-refractivity contribution is -0.0886. The van der Waals surface area contributed by atoms with Crippen molar-refractivity contribution < 1.29 is 18.1 Å². The molecule has 0 heterocycles. The molecule has 0 unspecified atom stereocenters. The minimum atomic E-state index is -3.69. The van der Waals surface area contributed by atoms with E-state index in [4.69, 9.17) is 20.0 Å². The van der Waals surface area contributed by atoms with Gasteiger partial charge < -0.3 is 0 Å². The van der Waals surface area contributed by atoms with Crippen molar-refractivity contribution in [1.29, 1.82) is 0 Å². The molecule has 0 amide bonds. The Kier molecular flexibility index (Phi) is 6.51. The summed E-state index contributed by atoms with van der Waals surface area (Å²) in [4.78, 5) is 0. The summed E-state index contributed by atoms with van der Waals surface area (Å²) < 4.78 is 29.0. The molecule has 0 aromatic carbocycles. The molecule has 0 radical (unpaired) electrons. The highest BCUT2D eigenvalue weighted by molar-refractivity contribution is 7.48. The smallest absolute Gasteiger partial charge is 0.287 e. The van der Waals surface area contributed by atoms with Crippen molar-refractivity contribution in [2.45, 2.75) is 61.0 Å². The molecule has 0 bridgehead atoms. The Morgan fingerprint density at radius 2 is 1.30 bits per heavy atom. The fraction of sp³-hybridized carbons (Fsp3) is 0.867. The Labute approximate surface area is 124 Å². The fourth-order valence-electron chi connectivity index (χ4n) is 2.43. The van der Waals surface area contributed by atoms with E-state index >= 15 is 0 Å². The van der Waals surface area contributed by atoms with Gasteiger partial charge in [-0.05, 0) is 13.8 Å². The zero-order chi connectivity index (χ0) is 16.2. The molecule has 0 aliphatic heterocycles. The molecule has 0 fully saturated rings. The summed E-state index contributed by atoms with van der Waals surface area (Å²) in [5, 5.41) is 0. The zero-order valence-electron chi connectivity index (χ0n) is 14.1. The maximum absolute atomic E-state index is 12.7. The van der Waals surface area contributed by atoms with Gasteiger partial charge in [-0.2, -0.15) is 0 Å². The van der Waals surface area contributed by atoms with Crippen molar-refractivity contribution in [2.75, 3.05) is 13.2 Å². The number of phosphoric acid groups is 1. The van der Waals surface area contributed by atoms with Crippen LogP contribution in [0.2, 0.25) is 0 Å². The van der Waals surface area contributed by atoms with E-state index in [-0.39, 0.29) is 13.2 Å². The molecule has 0 aliphatic carbocycles. The quantitative estimate of drug-likeness (QED) is 0.529. The van der Waals surface area contributed by atoms with Crippen LogP contribution >= 0.6 is 7.82 Å². The lowest BCUT2D eigenvalue weighted by Gasteiger charge is -2.49. The molecule has 0 spiro atoms. The van der Waals surface area contributed by atoms with E-state index in [1.807, 2.05) is 41.5 Å². The second-order valence-corrected chi connectivity index (χ2v) is 8.29. The standard InChI is InChI=1S/C15H29O4P/c1-10-15(13(4,5)6,14(7,8)9)19-20(16,17-11-2)18-12-3/h1H,11-12H2,2-9H3. The third-order valence-corrected chi connectivity index (χ3v) is 4.79. The molecule has 4 nitrogen and oxygen atoms in total. The van der Waals surface area contributed by atoms with E-state index in [1.165, 1.54) is 0 Å². The van der Waals surface area contributed by atoms with Crippen molar-refractivity contribution in [2.24, 2.45) is 10.8 Å². The van der Waals surface area contributed by atoms with Crippen LogP contribution in [0.5, 0.6) is 0 Å². The first-order valence-corrected chi connectivity index (χ1v) is 8.43. The Balaban J connectivity index is 5.82. The van der Waals surface area contributed by atoms with Gasteiger partial charge in [-0.15, -0.1) is 6.42 Å². The van der Waals surface area contributed by atoms with Crippen LogP contribution in [0.15, 0.2) is 0 Å². The topological polar surface area (TPSA) is 44.8 Å². The molecule has 0 aromatic rings. The second kappa shape index (κ2) is 6.62. The maximum atomic E-state index is 12.7. The third kappa shape index (κ3) is 4.09. The Bertz CT molecular complexity index is 372. The van der Waals surface area contributed by atoms with Crippen LogP contribution in [0, 0.1) is 23.2 Å². The van der Waals surface area contributed by atoms with Crippen molar-refractivity contribution >= 4 is 7.82 Å². The van der Waals surface area contributed by atoms with E-state index < -0.39 is 24.3 Å². The number of phosphoric ester groups is 1. The highest BCUT2D eigenvalue weighted by atomic mass is 31.2. The van der Waals surface area contributed by atoms with Gasteiger partial charge in [0.1, 0.15) is 5.60 Å². The largest absolute Gasteiger partial charge is 0.476 e. The summed E-state index contributed by atoms with van der Waals surface area (Å²) in [5.41, 5.74) is -1.96. The SMILES string of the molecule is C#CC(OP(=O)(OCC)OCC)(C(C)(C)C)C(C)(C)C. The normalized spacial score (nSPS) is 14.2. The molecule has 0 aliphatic rings. The van der Waals surface area contributed by atoms with Crippen LogP contribution in [0.25, 0.3) is 0 Å². The fourth-order valence-corrected chi connectivity index (χ4v) is 4.18. The van der Waals surface area contributed by atoms with Crippen LogP contribution in [-0.2, 0) is 18.1 Å².